The molecule has 1 fully saturated rings. The van der Waals surface area contributed by atoms with E-state index in [1.165, 1.54) is 11.3 Å². The standard InChI is InChI=1S/C23H32N4O3/c1-2-27-22-10-13-29-16-20(22)21(25-27)14-26-11-8-19(9-12-26)24-23(28)17-30-15-18-6-4-3-5-7-18/h3-7,19H,2,8-17H2,1H3,(H,24,28). The highest BCUT2D eigenvalue weighted by Crippen LogP contribution is 2.23. The predicted molar refractivity (Wildman–Crippen MR) is 114 cm³/mol. The number of nitrogens with zero attached hydrogens (tertiary/aromatic N) is 3. The first kappa shape index (κ1) is 21.0. The number of benzene rings is 1. The Kier molecular flexibility index (Phi) is 7.15. The van der Waals surface area contributed by atoms with E-state index in [9.17, 15) is 4.79 Å². The summed E-state index contributed by atoms with van der Waals surface area (Å²) in [7, 11) is 0. The van der Waals surface area contributed by atoms with Gasteiger partial charge in [-0.25, -0.2) is 0 Å². The summed E-state index contributed by atoms with van der Waals surface area (Å²) < 4.78 is 13.4. The minimum absolute atomic E-state index is 0.0303. The van der Waals surface area contributed by atoms with E-state index < -0.39 is 0 Å². The second-order valence-corrected chi connectivity index (χ2v) is 8.09. The molecule has 1 amide bonds. The first-order valence-corrected chi connectivity index (χ1v) is 11.0. The Balaban J connectivity index is 1.20. The molecule has 0 aliphatic carbocycles. The van der Waals surface area contributed by atoms with Gasteiger partial charge in [0.25, 0.3) is 0 Å². The number of aryl methyl sites for hydroxylation is 1. The molecule has 0 radical (unpaired) electrons. The minimum Gasteiger partial charge on any atom is -0.376 e. The van der Waals surface area contributed by atoms with Gasteiger partial charge < -0.3 is 14.8 Å². The van der Waals surface area contributed by atoms with Crippen molar-refractivity contribution in [1.82, 2.24) is 20.0 Å². The second-order valence-electron chi connectivity index (χ2n) is 8.09. The fourth-order valence-electron chi connectivity index (χ4n) is 4.32. The van der Waals surface area contributed by atoms with E-state index in [0.29, 0.717) is 13.2 Å². The van der Waals surface area contributed by atoms with Crippen molar-refractivity contribution in [3.8, 4) is 0 Å². The topological polar surface area (TPSA) is 68.6 Å². The fourth-order valence-corrected chi connectivity index (χ4v) is 4.32. The normalized spacial score (nSPS) is 17.6. The smallest absolute Gasteiger partial charge is 0.246 e. The van der Waals surface area contributed by atoms with Gasteiger partial charge in [-0.1, -0.05) is 30.3 Å². The molecule has 2 aliphatic rings. The molecule has 0 atom stereocenters. The van der Waals surface area contributed by atoms with Crippen LogP contribution in [0, 0.1) is 0 Å². The summed E-state index contributed by atoms with van der Waals surface area (Å²) in [6.45, 7) is 7.88. The molecule has 0 saturated carbocycles. The number of carbonyl (C=O) groups excluding carboxylic acids is 1. The Hall–Kier alpha value is -2.22. The van der Waals surface area contributed by atoms with Crippen LogP contribution in [0.3, 0.4) is 0 Å². The van der Waals surface area contributed by atoms with Crippen molar-refractivity contribution in [2.24, 2.45) is 0 Å². The molecular formula is C23H32N4O3. The highest BCUT2D eigenvalue weighted by molar-refractivity contribution is 5.77. The van der Waals surface area contributed by atoms with Gasteiger partial charge in [0.15, 0.2) is 0 Å². The van der Waals surface area contributed by atoms with Crippen LogP contribution in [0.15, 0.2) is 30.3 Å². The fraction of sp³-hybridized carbons (Fsp3) is 0.565. The molecule has 0 bridgehead atoms. The quantitative estimate of drug-likeness (QED) is 0.720. The average Bonchev–Trinajstić information content (AvgIpc) is 3.13. The third-order valence-electron chi connectivity index (χ3n) is 5.95. The molecule has 0 unspecified atom stereocenters. The van der Waals surface area contributed by atoms with Crippen LogP contribution in [0.25, 0.3) is 0 Å². The van der Waals surface area contributed by atoms with E-state index in [0.717, 1.165) is 63.3 Å². The van der Waals surface area contributed by atoms with Gasteiger partial charge in [0, 0.05) is 49.9 Å². The lowest BCUT2D eigenvalue weighted by Gasteiger charge is -2.32. The van der Waals surface area contributed by atoms with Crippen LogP contribution >= 0.6 is 0 Å². The minimum atomic E-state index is -0.0303. The summed E-state index contributed by atoms with van der Waals surface area (Å²) in [5, 5.41) is 7.96. The number of ether oxygens (including phenoxy) is 2. The van der Waals surface area contributed by atoms with Crippen molar-refractivity contribution in [3.05, 3.63) is 52.8 Å². The molecule has 0 spiro atoms. The lowest BCUT2D eigenvalue weighted by Crippen LogP contribution is -2.45. The number of piperidine rings is 1. The van der Waals surface area contributed by atoms with Crippen LogP contribution < -0.4 is 5.32 Å². The highest BCUT2D eigenvalue weighted by atomic mass is 16.5. The summed E-state index contributed by atoms with van der Waals surface area (Å²) in [5.41, 5.74) is 4.87. The zero-order chi connectivity index (χ0) is 20.8. The van der Waals surface area contributed by atoms with Gasteiger partial charge in [-0.2, -0.15) is 5.10 Å². The average molecular weight is 413 g/mol. The number of nitrogens with one attached hydrogen (secondary N) is 1. The summed E-state index contributed by atoms with van der Waals surface area (Å²) >= 11 is 0. The van der Waals surface area contributed by atoms with Gasteiger partial charge in [0.05, 0.1) is 25.5 Å². The number of amides is 1. The first-order chi connectivity index (χ1) is 14.7. The van der Waals surface area contributed by atoms with Crippen molar-refractivity contribution in [2.75, 3.05) is 26.3 Å². The van der Waals surface area contributed by atoms with Crippen molar-refractivity contribution >= 4 is 5.91 Å². The Morgan fingerprint density at radius 1 is 1.27 bits per heavy atom. The summed E-state index contributed by atoms with van der Waals surface area (Å²) in [5.74, 6) is -0.0303. The number of fused-ring (bicyclic) bond motifs is 1. The molecule has 1 aromatic heterocycles. The van der Waals surface area contributed by atoms with Crippen LogP contribution in [-0.2, 0) is 47.0 Å². The molecule has 2 aliphatic heterocycles. The third kappa shape index (κ3) is 5.28. The molecule has 1 N–H and O–H groups in total. The Morgan fingerprint density at radius 2 is 2.07 bits per heavy atom. The summed E-state index contributed by atoms with van der Waals surface area (Å²) in [6.07, 6.45) is 2.87. The van der Waals surface area contributed by atoms with Gasteiger partial charge in [-0.15, -0.1) is 0 Å². The maximum Gasteiger partial charge on any atom is 0.246 e. The van der Waals surface area contributed by atoms with Gasteiger partial charge in [-0.3, -0.25) is 14.4 Å². The monoisotopic (exact) mass is 412 g/mol. The number of hydrogen-bond acceptors (Lipinski definition) is 5. The maximum absolute atomic E-state index is 12.2. The second kappa shape index (κ2) is 10.2. The third-order valence-corrected chi connectivity index (χ3v) is 5.95. The van der Waals surface area contributed by atoms with E-state index >= 15 is 0 Å². The lowest BCUT2D eigenvalue weighted by molar-refractivity contribution is -0.127. The Morgan fingerprint density at radius 3 is 2.83 bits per heavy atom. The SMILES string of the molecule is CCn1nc(CN2CCC(NC(=O)COCc3ccccc3)CC2)c2c1CCOC2. The van der Waals surface area contributed by atoms with E-state index in [4.69, 9.17) is 14.6 Å². The van der Waals surface area contributed by atoms with Gasteiger partial charge in [0.1, 0.15) is 6.61 Å². The number of aromatic nitrogens is 2. The predicted octanol–water partition coefficient (Wildman–Crippen LogP) is 2.27. The van der Waals surface area contributed by atoms with Crippen LogP contribution in [0.1, 0.15) is 42.3 Å². The number of rotatable bonds is 8. The van der Waals surface area contributed by atoms with Crippen molar-refractivity contribution in [2.45, 2.75) is 58.5 Å². The number of carbonyl (C=O) groups is 1. The number of likely N-dealkylation sites (tertiary alicyclic amines) is 1. The molecule has 3 heterocycles. The zero-order valence-corrected chi connectivity index (χ0v) is 17.8. The molecule has 162 valence electrons. The molecule has 1 saturated heterocycles. The van der Waals surface area contributed by atoms with Crippen molar-refractivity contribution < 1.29 is 14.3 Å². The molecule has 30 heavy (non-hydrogen) atoms. The lowest BCUT2D eigenvalue weighted by atomic mass is 10.0. The first-order valence-electron chi connectivity index (χ1n) is 11.0. The number of hydrogen-bond donors (Lipinski definition) is 1. The van der Waals surface area contributed by atoms with E-state index in [-0.39, 0.29) is 18.6 Å². The largest absolute Gasteiger partial charge is 0.376 e. The zero-order valence-electron chi connectivity index (χ0n) is 17.8. The maximum atomic E-state index is 12.2. The van der Waals surface area contributed by atoms with Crippen LogP contribution in [-0.4, -0.2) is 52.9 Å². The van der Waals surface area contributed by atoms with Gasteiger partial charge in [0.2, 0.25) is 5.91 Å². The molecule has 7 nitrogen and oxygen atoms in total. The van der Waals surface area contributed by atoms with Crippen molar-refractivity contribution in [3.63, 3.8) is 0 Å². The van der Waals surface area contributed by atoms with E-state index in [1.54, 1.807) is 0 Å². The van der Waals surface area contributed by atoms with Crippen LogP contribution in [0.5, 0.6) is 0 Å². The van der Waals surface area contributed by atoms with Gasteiger partial charge >= 0.3 is 0 Å². The molecule has 4 rings (SSSR count). The Bertz CT molecular complexity index is 828. The summed E-state index contributed by atoms with van der Waals surface area (Å²) in [4.78, 5) is 14.6. The van der Waals surface area contributed by atoms with Crippen molar-refractivity contribution in [1.29, 1.82) is 0 Å². The summed E-state index contributed by atoms with van der Waals surface area (Å²) in [6, 6.07) is 10.1. The van der Waals surface area contributed by atoms with Gasteiger partial charge in [-0.05, 0) is 25.3 Å². The van der Waals surface area contributed by atoms with E-state index in [1.807, 2.05) is 30.3 Å². The van der Waals surface area contributed by atoms with E-state index in [2.05, 4.69) is 21.8 Å². The van der Waals surface area contributed by atoms with Crippen LogP contribution in [0.2, 0.25) is 0 Å². The molecule has 7 heteroatoms. The van der Waals surface area contributed by atoms with Crippen LogP contribution in [0.4, 0.5) is 0 Å². The molecule has 1 aromatic carbocycles. The highest BCUT2D eigenvalue weighted by Gasteiger charge is 2.25. The Labute approximate surface area is 178 Å². The molecule has 2 aromatic rings. The molecular weight excluding hydrogens is 380 g/mol.